The van der Waals surface area contributed by atoms with Crippen molar-refractivity contribution in [1.29, 1.82) is 0 Å². The molecule has 5 heteroatoms. The zero-order valence-electron chi connectivity index (χ0n) is 11.7. The van der Waals surface area contributed by atoms with Crippen molar-refractivity contribution >= 4 is 31.5 Å². The number of fused-ring (bicyclic) bond motifs is 1. The Balaban J connectivity index is 1.84. The van der Waals surface area contributed by atoms with Gasteiger partial charge in [-0.1, -0.05) is 28.1 Å². The van der Waals surface area contributed by atoms with E-state index in [4.69, 9.17) is 0 Å². The smallest absolute Gasteiger partial charge is 0.150 e. The van der Waals surface area contributed by atoms with Crippen molar-refractivity contribution in [2.45, 2.75) is 24.1 Å². The van der Waals surface area contributed by atoms with E-state index in [1.54, 1.807) is 0 Å². The first-order chi connectivity index (χ1) is 9.46. The van der Waals surface area contributed by atoms with Crippen molar-refractivity contribution in [2.75, 3.05) is 30.0 Å². The lowest BCUT2D eigenvalue weighted by molar-refractivity contribution is 0.579. The zero-order valence-corrected chi connectivity index (χ0v) is 14.1. The molecule has 1 aromatic rings. The van der Waals surface area contributed by atoms with E-state index in [0.717, 1.165) is 19.4 Å². The van der Waals surface area contributed by atoms with Gasteiger partial charge in [0.1, 0.15) is 0 Å². The maximum Gasteiger partial charge on any atom is 0.150 e. The molecule has 0 spiro atoms. The predicted molar refractivity (Wildman–Crippen MR) is 86.5 cm³/mol. The van der Waals surface area contributed by atoms with Crippen molar-refractivity contribution < 1.29 is 8.42 Å². The van der Waals surface area contributed by atoms with Gasteiger partial charge < -0.3 is 4.90 Å². The van der Waals surface area contributed by atoms with Crippen LogP contribution in [0.5, 0.6) is 0 Å². The van der Waals surface area contributed by atoms with Crippen LogP contribution in [0.15, 0.2) is 18.2 Å². The number of rotatable bonds is 2. The predicted octanol–water partition coefficient (Wildman–Crippen LogP) is 2.94. The fourth-order valence-electron chi connectivity index (χ4n) is 3.30. The van der Waals surface area contributed by atoms with Gasteiger partial charge in [0, 0.05) is 24.1 Å². The number of benzene rings is 1. The summed E-state index contributed by atoms with van der Waals surface area (Å²) in [6.45, 7) is 1.12. The lowest BCUT2D eigenvalue weighted by Crippen LogP contribution is -2.24. The molecular weight excluding hydrogens is 338 g/mol. The maximum atomic E-state index is 11.6. The minimum absolute atomic E-state index is 0.150. The fourth-order valence-corrected chi connectivity index (χ4v) is 6.13. The summed E-state index contributed by atoms with van der Waals surface area (Å²) < 4.78 is 23.2. The van der Waals surface area contributed by atoms with Crippen molar-refractivity contribution in [2.24, 2.45) is 5.92 Å². The van der Waals surface area contributed by atoms with Gasteiger partial charge in [-0.15, -0.1) is 0 Å². The number of sulfone groups is 1. The summed E-state index contributed by atoms with van der Waals surface area (Å²) >= 11 is 3.73. The van der Waals surface area contributed by atoms with Crippen LogP contribution in [0.3, 0.4) is 0 Å². The molecular formula is C15H20BrNO2S. The normalized spacial score (nSPS) is 26.3. The molecule has 0 saturated carbocycles. The number of hydrogen-bond donors (Lipinski definition) is 0. The van der Waals surface area contributed by atoms with Gasteiger partial charge in [-0.2, -0.15) is 0 Å². The minimum atomic E-state index is -2.81. The van der Waals surface area contributed by atoms with E-state index in [-0.39, 0.29) is 10.7 Å². The highest BCUT2D eigenvalue weighted by Gasteiger charge is 2.33. The summed E-state index contributed by atoms with van der Waals surface area (Å²) in [5, 5.41) is 0. The quantitative estimate of drug-likeness (QED) is 0.763. The Kier molecular flexibility index (Phi) is 3.84. The van der Waals surface area contributed by atoms with E-state index < -0.39 is 9.84 Å². The molecule has 0 aliphatic carbocycles. The first-order valence-electron chi connectivity index (χ1n) is 7.15. The van der Waals surface area contributed by atoms with Crippen LogP contribution in [0.2, 0.25) is 0 Å². The van der Waals surface area contributed by atoms with E-state index in [1.165, 1.54) is 23.2 Å². The third kappa shape index (κ3) is 2.75. The average Bonchev–Trinajstić information content (AvgIpc) is 2.78. The summed E-state index contributed by atoms with van der Waals surface area (Å²) in [5.41, 5.74) is 3.93. The van der Waals surface area contributed by atoms with Crippen molar-refractivity contribution in [3.8, 4) is 0 Å². The van der Waals surface area contributed by atoms with Gasteiger partial charge in [0.05, 0.1) is 11.5 Å². The molecule has 0 N–H and O–H groups in total. The van der Waals surface area contributed by atoms with Gasteiger partial charge in [-0.25, -0.2) is 8.42 Å². The van der Waals surface area contributed by atoms with E-state index in [9.17, 15) is 8.42 Å². The van der Waals surface area contributed by atoms with Gasteiger partial charge in [0.2, 0.25) is 0 Å². The van der Waals surface area contributed by atoms with E-state index in [0.29, 0.717) is 11.5 Å². The Morgan fingerprint density at radius 3 is 2.90 bits per heavy atom. The van der Waals surface area contributed by atoms with Crippen molar-refractivity contribution in [3.05, 3.63) is 29.3 Å². The molecule has 2 atom stereocenters. The molecule has 20 heavy (non-hydrogen) atoms. The molecule has 2 aliphatic rings. The molecule has 0 amide bonds. The highest BCUT2D eigenvalue weighted by molar-refractivity contribution is 9.09. The molecule has 2 unspecified atom stereocenters. The van der Waals surface area contributed by atoms with E-state index >= 15 is 0 Å². The minimum Gasteiger partial charge on any atom is -0.374 e. The molecule has 0 radical (unpaired) electrons. The number of anilines is 1. The molecule has 2 heterocycles. The van der Waals surface area contributed by atoms with Gasteiger partial charge in [0.15, 0.2) is 9.84 Å². The number of halogens is 1. The average molecular weight is 358 g/mol. The molecule has 1 aromatic carbocycles. The number of hydrogen-bond acceptors (Lipinski definition) is 3. The maximum absolute atomic E-state index is 11.6. The van der Waals surface area contributed by atoms with Crippen LogP contribution in [-0.4, -0.2) is 33.5 Å². The standard InChI is InChI=1S/C15H20BrNO2S/c1-17-7-2-3-11-9-12(4-5-14(11)17)15(16)13-6-8-20(18,19)10-13/h4-5,9,13,15H,2-3,6-8,10H2,1H3. The van der Waals surface area contributed by atoms with Gasteiger partial charge in [-0.3, -0.25) is 0 Å². The summed E-state index contributed by atoms with van der Waals surface area (Å²) in [7, 11) is -0.681. The van der Waals surface area contributed by atoms with Crippen LogP contribution in [0.1, 0.15) is 28.8 Å². The van der Waals surface area contributed by atoms with Gasteiger partial charge in [-0.05, 0) is 42.4 Å². The van der Waals surface area contributed by atoms with Crippen LogP contribution >= 0.6 is 15.9 Å². The second kappa shape index (κ2) is 5.34. The number of alkyl halides is 1. The van der Waals surface area contributed by atoms with E-state index in [1.807, 2.05) is 0 Å². The third-order valence-electron chi connectivity index (χ3n) is 4.45. The van der Waals surface area contributed by atoms with Gasteiger partial charge >= 0.3 is 0 Å². The van der Waals surface area contributed by atoms with Crippen molar-refractivity contribution in [3.63, 3.8) is 0 Å². The van der Waals surface area contributed by atoms with Gasteiger partial charge in [0.25, 0.3) is 0 Å². The molecule has 0 bridgehead atoms. The number of aryl methyl sites for hydroxylation is 1. The lowest BCUT2D eigenvalue weighted by atomic mass is 9.94. The zero-order chi connectivity index (χ0) is 14.3. The van der Waals surface area contributed by atoms with E-state index in [2.05, 4.69) is 46.1 Å². The van der Waals surface area contributed by atoms with Crippen LogP contribution in [0.4, 0.5) is 5.69 Å². The number of nitrogens with zero attached hydrogens (tertiary/aromatic N) is 1. The third-order valence-corrected chi connectivity index (χ3v) is 7.52. The van der Waals surface area contributed by atoms with Crippen LogP contribution in [0, 0.1) is 5.92 Å². The molecule has 1 saturated heterocycles. The summed E-state index contributed by atoms with van der Waals surface area (Å²) in [6.07, 6.45) is 3.09. The van der Waals surface area contributed by atoms with Crippen LogP contribution < -0.4 is 4.90 Å². The highest BCUT2D eigenvalue weighted by atomic mass is 79.9. The molecule has 1 fully saturated rings. The molecule has 2 aliphatic heterocycles. The van der Waals surface area contributed by atoms with Crippen LogP contribution in [0.25, 0.3) is 0 Å². The summed E-state index contributed by atoms with van der Waals surface area (Å²) in [6, 6.07) is 6.59. The lowest BCUT2D eigenvalue weighted by Gasteiger charge is -2.28. The Labute approximate surface area is 129 Å². The topological polar surface area (TPSA) is 37.4 Å². The second-order valence-electron chi connectivity index (χ2n) is 5.98. The monoisotopic (exact) mass is 357 g/mol. The SMILES string of the molecule is CN1CCCc2cc(C(Br)C3CCS(=O)(=O)C3)ccc21. The Hall–Kier alpha value is -0.550. The Morgan fingerprint density at radius 2 is 2.20 bits per heavy atom. The Bertz CT molecular complexity index is 614. The fraction of sp³-hybridized carbons (Fsp3) is 0.600. The molecule has 0 aromatic heterocycles. The van der Waals surface area contributed by atoms with Crippen LogP contribution in [-0.2, 0) is 16.3 Å². The van der Waals surface area contributed by atoms with Crippen molar-refractivity contribution in [1.82, 2.24) is 0 Å². The highest BCUT2D eigenvalue weighted by Crippen LogP contribution is 2.39. The first kappa shape index (κ1) is 14.4. The Morgan fingerprint density at radius 1 is 1.40 bits per heavy atom. The largest absolute Gasteiger partial charge is 0.374 e. The molecule has 3 rings (SSSR count). The summed E-state index contributed by atoms with van der Waals surface area (Å²) in [4.78, 5) is 2.45. The molecule has 110 valence electrons. The second-order valence-corrected chi connectivity index (χ2v) is 9.19. The summed E-state index contributed by atoms with van der Waals surface area (Å²) in [5.74, 6) is 0.868. The first-order valence-corrected chi connectivity index (χ1v) is 9.88. The molecule has 3 nitrogen and oxygen atoms in total.